The SMILES string of the molecule is Cc1noc(C)c1-c1ccc2c(c1)nc([C@@H]1CCC(=O)N1)n2CC(C)CO. The lowest BCUT2D eigenvalue weighted by atomic mass is 10.0. The number of imidazole rings is 1. The Morgan fingerprint density at radius 2 is 2.22 bits per heavy atom. The molecule has 1 amide bonds. The molecule has 1 aliphatic rings. The number of benzene rings is 1. The van der Waals surface area contributed by atoms with E-state index < -0.39 is 0 Å². The lowest BCUT2D eigenvalue weighted by Crippen LogP contribution is -2.23. The zero-order valence-corrected chi connectivity index (χ0v) is 15.8. The molecule has 1 aliphatic heterocycles. The van der Waals surface area contributed by atoms with Gasteiger partial charge in [0.25, 0.3) is 0 Å². The summed E-state index contributed by atoms with van der Waals surface area (Å²) >= 11 is 0. The van der Waals surface area contributed by atoms with Crippen LogP contribution in [0.15, 0.2) is 22.7 Å². The van der Waals surface area contributed by atoms with Crippen LogP contribution in [0, 0.1) is 19.8 Å². The topological polar surface area (TPSA) is 93.2 Å². The first-order chi connectivity index (χ1) is 13.0. The second-order valence-electron chi connectivity index (χ2n) is 7.43. The molecule has 4 rings (SSSR count). The molecule has 0 saturated carbocycles. The van der Waals surface area contributed by atoms with Crippen LogP contribution in [-0.2, 0) is 11.3 Å². The summed E-state index contributed by atoms with van der Waals surface area (Å²) in [5.41, 5.74) is 4.73. The summed E-state index contributed by atoms with van der Waals surface area (Å²) in [5, 5.41) is 16.6. The van der Waals surface area contributed by atoms with E-state index in [4.69, 9.17) is 9.51 Å². The standard InChI is InChI=1S/C20H24N4O3/c1-11(10-25)9-24-17-6-4-14(19-12(2)23-27-13(19)3)8-16(17)22-20(24)15-5-7-18(26)21-15/h4,6,8,11,15,25H,5,7,9-10H2,1-3H3,(H,21,26)/t11?,15-/m0/s1. The number of amides is 1. The minimum absolute atomic E-state index is 0.0604. The fraction of sp³-hybridized carbons (Fsp3) is 0.450. The third-order valence-electron chi connectivity index (χ3n) is 5.21. The molecule has 2 aromatic heterocycles. The normalized spacial score (nSPS) is 18.2. The molecule has 3 heterocycles. The quantitative estimate of drug-likeness (QED) is 0.722. The highest BCUT2D eigenvalue weighted by Gasteiger charge is 2.28. The molecule has 1 saturated heterocycles. The fourth-order valence-electron chi connectivity index (χ4n) is 3.83. The summed E-state index contributed by atoms with van der Waals surface area (Å²) in [5.74, 6) is 1.79. The third-order valence-corrected chi connectivity index (χ3v) is 5.21. The minimum Gasteiger partial charge on any atom is -0.396 e. The van der Waals surface area contributed by atoms with Gasteiger partial charge in [0.15, 0.2) is 0 Å². The fourth-order valence-corrected chi connectivity index (χ4v) is 3.83. The van der Waals surface area contributed by atoms with E-state index in [0.29, 0.717) is 13.0 Å². The van der Waals surface area contributed by atoms with Crippen molar-refractivity contribution in [3.8, 4) is 11.1 Å². The van der Waals surface area contributed by atoms with Crippen LogP contribution in [0.3, 0.4) is 0 Å². The maximum atomic E-state index is 11.7. The van der Waals surface area contributed by atoms with E-state index in [1.807, 2.05) is 39.0 Å². The van der Waals surface area contributed by atoms with Crippen LogP contribution in [0.5, 0.6) is 0 Å². The first-order valence-corrected chi connectivity index (χ1v) is 9.31. The number of nitrogens with one attached hydrogen (secondary N) is 1. The van der Waals surface area contributed by atoms with Crippen LogP contribution in [0.2, 0.25) is 0 Å². The second-order valence-corrected chi connectivity index (χ2v) is 7.43. The first-order valence-electron chi connectivity index (χ1n) is 9.31. The Morgan fingerprint density at radius 3 is 2.85 bits per heavy atom. The molecule has 27 heavy (non-hydrogen) atoms. The number of aryl methyl sites for hydroxylation is 2. The first kappa shape index (κ1) is 17.7. The van der Waals surface area contributed by atoms with E-state index in [2.05, 4.69) is 15.0 Å². The van der Waals surface area contributed by atoms with Crippen molar-refractivity contribution in [1.82, 2.24) is 20.0 Å². The molecule has 0 spiro atoms. The summed E-state index contributed by atoms with van der Waals surface area (Å²) in [7, 11) is 0. The smallest absolute Gasteiger partial charge is 0.220 e. The van der Waals surface area contributed by atoms with Gasteiger partial charge in [-0.25, -0.2) is 4.98 Å². The Balaban J connectivity index is 1.83. The highest BCUT2D eigenvalue weighted by Crippen LogP contribution is 2.32. The number of aliphatic hydroxyl groups excluding tert-OH is 1. The van der Waals surface area contributed by atoms with Crippen molar-refractivity contribution in [3.63, 3.8) is 0 Å². The van der Waals surface area contributed by atoms with E-state index in [1.54, 1.807) is 0 Å². The molecule has 0 bridgehead atoms. The molecule has 1 unspecified atom stereocenters. The van der Waals surface area contributed by atoms with Gasteiger partial charge in [-0.1, -0.05) is 18.1 Å². The predicted molar refractivity (Wildman–Crippen MR) is 101 cm³/mol. The molecule has 0 radical (unpaired) electrons. The summed E-state index contributed by atoms with van der Waals surface area (Å²) in [6.07, 6.45) is 1.26. The summed E-state index contributed by atoms with van der Waals surface area (Å²) in [6.45, 7) is 6.59. The van der Waals surface area contributed by atoms with E-state index in [-0.39, 0.29) is 24.5 Å². The van der Waals surface area contributed by atoms with Crippen LogP contribution in [0.4, 0.5) is 0 Å². The van der Waals surface area contributed by atoms with Gasteiger partial charge in [-0.05, 0) is 43.9 Å². The van der Waals surface area contributed by atoms with Crippen molar-refractivity contribution in [1.29, 1.82) is 0 Å². The van der Waals surface area contributed by atoms with Gasteiger partial charge < -0.3 is 19.5 Å². The predicted octanol–water partition coefficient (Wildman–Crippen LogP) is 2.89. The highest BCUT2D eigenvalue weighted by atomic mass is 16.5. The molecule has 7 nitrogen and oxygen atoms in total. The van der Waals surface area contributed by atoms with E-state index >= 15 is 0 Å². The Labute approximate surface area is 157 Å². The summed E-state index contributed by atoms with van der Waals surface area (Å²) in [4.78, 5) is 16.6. The van der Waals surface area contributed by atoms with Crippen LogP contribution >= 0.6 is 0 Å². The zero-order chi connectivity index (χ0) is 19.1. The molecular weight excluding hydrogens is 344 g/mol. The molecule has 7 heteroatoms. The van der Waals surface area contributed by atoms with Crippen molar-refractivity contribution >= 4 is 16.9 Å². The molecule has 3 aromatic rings. The lowest BCUT2D eigenvalue weighted by molar-refractivity contribution is -0.119. The Kier molecular flexibility index (Phi) is 4.47. The lowest BCUT2D eigenvalue weighted by Gasteiger charge is -2.16. The van der Waals surface area contributed by atoms with E-state index in [1.165, 1.54) is 0 Å². The third kappa shape index (κ3) is 3.12. The van der Waals surface area contributed by atoms with E-state index in [0.717, 1.165) is 45.9 Å². The van der Waals surface area contributed by atoms with Crippen molar-refractivity contribution in [2.24, 2.45) is 5.92 Å². The van der Waals surface area contributed by atoms with E-state index in [9.17, 15) is 9.90 Å². The average Bonchev–Trinajstić information content (AvgIpc) is 3.32. The Hall–Kier alpha value is -2.67. The van der Waals surface area contributed by atoms with Crippen LogP contribution in [0.1, 0.15) is 43.1 Å². The van der Waals surface area contributed by atoms with Gasteiger partial charge in [0, 0.05) is 25.1 Å². The molecule has 142 valence electrons. The summed E-state index contributed by atoms with van der Waals surface area (Å²) in [6, 6.07) is 6.06. The van der Waals surface area contributed by atoms with Gasteiger partial charge in [0.2, 0.25) is 5.91 Å². The Morgan fingerprint density at radius 1 is 1.41 bits per heavy atom. The number of hydrogen-bond donors (Lipinski definition) is 2. The van der Waals surface area contributed by atoms with Crippen molar-refractivity contribution < 1.29 is 14.4 Å². The number of fused-ring (bicyclic) bond motifs is 1. The number of aliphatic hydroxyl groups is 1. The number of nitrogens with zero attached hydrogens (tertiary/aromatic N) is 3. The summed E-state index contributed by atoms with van der Waals surface area (Å²) < 4.78 is 7.43. The molecule has 1 aromatic carbocycles. The monoisotopic (exact) mass is 368 g/mol. The van der Waals surface area contributed by atoms with Gasteiger partial charge in [0.1, 0.15) is 11.6 Å². The van der Waals surface area contributed by atoms with Gasteiger partial charge in [-0.3, -0.25) is 4.79 Å². The maximum Gasteiger partial charge on any atom is 0.220 e. The number of rotatable bonds is 5. The molecular formula is C20H24N4O3. The van der Waals surface area contributed by atoms with Gasteiger partial charge in [0.05, 0.1) is 22.8 Å². The Bertz CT molecular complexity index is 985. The molecule has 2 N–H and O–H groups in total. The largest absolute Gasteiger partial charge is 0.396 e. The average molecular weight is 368 g/mol. The zero-order valence-electron chi connectivity index (χ0n) is 15.8. The second kappa shape index (κ2) is 6.81. The number of carbonyl (C=O) groups excluding carboxylic acids is 1. The molecule has 1 fully saturated rings. The van der Waals surface area contributed by atoms with Crippen molar-refractivity contribution in [2.45, 2.75) is 46.2 Å². The molecule has 0 aliphatic carbocycles. The minimum atomic E-state index is -0.0849. The van der Waals surface area contributed by atoms with Crippen molar-refractivity contribution in [2.75, 3.05) is 6.61 Å². The van der Waals surface area contributed by atoms with Crippen molar-refractivity contribution in [3.05, 3.63) is 35.5 Å². The van der Waals surface area contributed by atoms with Gasteiger partial charge >= 0.3 is 0 Å². The number of carbonyl (C=O) groups is 1. The molecule has 2 atom stereocenters. The van der Waals surface area contributed by atoms with Crippen LogP contribution in [-0.4, -0.2) is 32.3 Å². The van der Waals surface area contributed by atoms with Gasteiger partial charge in [-0.2, -0.15) is 0 Å². The number of aromatic nitrogens is 3. The highest BCUT2D eigenvalue weighted by molar-refractivity contribution is 5.84. The number of hydrogen-bond acceptors (Lipinski definition) is 5. The van der Waals surface area contributed by atoms with Crippen LogP contribution < -0.4 is 5.32 Å². The maximum absolute atomic E-state index is 11.7. The van der Waals surface area contributed by atoms with Gasteiger partial charge in [-0.15, -0.1) is 0 Å². The van der Waals surface area contributed by atoms with Crippen LogP contribution in [0.25, 0.3) is 22.2 Å².